The molecule has 3 nitrogen and oxygen atoms in total. The molecule has 2 aromatic heterocycles. The van der Waals surface area contributed by atoms with Crippen LogP contribution >= 0.6 is 0 Å². The Morgan fingerprint density at radius 1 is 1.00 bits per heavy atom. The summed E-state index contributed by atoms with van der Waals surface area (Å²) >= 11 is 0. The Morgan fingerprint density at radius 2 is 1.77 bits per heavy atom. The molecule has 0 bridgehead atoms. The molecule has 0 radical (unpaired) electrons. The lowest BCUT2D eigenvalue weighted by molar-refractivity contribution is 0.578. The molecule has 0 atom stereocenters. The molecule has 3 heterocycles. The summed E-state index contributed by atoms with van der Waals surface area (Å²) in [6, 6.07) is 14.9. The van der Waals surface area contributed by atoms with Crippen molar-refractivity contribution >= 4 is 16.7 Å². The highest BCUT2D eigenvalue weighted by Gasteiger charge is 2.16. The summed E-state index contributed by atoms with van der Waals surface area (Å²) in [7, 11) is 0. The Balaban J connectivity index is 1.84. The maximum atomic E-state index is 4.72. The topological polar surface area (TPSA) is 31.9 Å². The molecule has 0 saturated carbocycles. The monoisotopic (exact) mass is 291 g/mol. The third-order valence-corrected chi connectivity index (χ3v) is 4.48. The molecule has 112 valence electrons. The number of nitrogens with zero attached hydrogens (tertiary/aromatic N) is 2. The number of pyridine rings is 1. The number of benzene rings is 1. The molecule has 1 saturated heterocycles. The average Bonchev–Trinajstić information content (AvgIpc) is 2.99. The third kappa shape index (κ3) is 2.37. The van der Waals surface area contributed by atoms with Crippen molar-refractivity contribution in [2.75, 3.05) is 18.0 Å². The number of anilines is 1. The van der Waals surface area contributed by atoms with Crippen LogP contribution in [-0.2, 0) is 0 Å². The van der Waals surface area contributed by atoms with E-state index in [1.54, 1.807) is 0 Å². The summed E-state index contributed by atoms with van der Waals surface area (Å²) < 4.78 is 0. The van der Waals surface area contributed by atoms with Gasteiger partial charge in [-0.25, -0.2) is 0 Å². The molecule has 4 rings (SSSR count). The van der Waals surface area contributed by atoms with E-state index in [0.717, 1.165) is 30.0 Å². The minimum absolute atomic E-state index is 1.07. The summed E-state index contributed by atoms with van der Waals surface area (Å²) in [6.45, 7) is 4.39. The van der Waals surface area contributed by atoms with E-state index in [9.17, 15) is 0 Å². The van der Waals surface area contributed by atoms with Gasteiger partial charge in [-0.3, -0.25) is 4.98 Å². The number of nitrogens with one attached hydrogen (secondary N) is 1. The normalized spacial score (nSPS) is 15.4. The SMILES string of the molecule is Cc1cc(N2CCCCC2)c2[nH]c(-c3ccccc3)cc2n1. The molecule has 1 fully saturated rings. The number of H-pyrrole nitrogens is 1. The van der Waals surface area contributed by atoms with Crippen LogP contribution in [0.4, 0.5) is 5.69 Å². The fourth-order valence-electron chi connectivity index (χ4n) is 3.38. The number of aromatic amines is 1. The van der Waals surface area contributed by atoms with Crippen molar-refractivity contribution in [3.05, 3.63) is 48.2 Å². The summed E-state index contributed by atoms with van der Waals surface area (Å²) in [6.07, 6.45) is 3.92. The number of rotatable bonds is 2. The largest absolute Gasteiger partial charge is 0.370 e. The molecule has 0 amide bonds. The lowest BCUT2D eigenvalue weighted by atomic mass is 10.1. The molecular formula is C19H21N3. The predicted molar refractivity (Wildman–Crippen MR) is 92.3 cm³/mol. The van der Waals surface area contributed by atoms with Gasteiger partial charge in [-0.15, -0.1) is 0 Å². The maximum Gasteiger partial charge on any atom is 0.0909 e. The average molecular weight is 291 g/mol. The molecule has 1 aliphatic rings. The van der Waals surface area contributed by atoms with Gasteiger partial charge in [-0.05, 0) is 43.9 Å². The zero-order chi connectivity index (χ0) is 14.9. The second-order valence-corrected chi connectivity index (χ2v) is 6.14. The predicted octanol–water partition coefficient (Wildman–Crippen LogP) is 4.53. The summed E-state index contributed by atoms with van der Waals surface area (Å²) in [5.74, 6) is 0. The van der Waals surface area contributed by atoms with Gasteiger partial charge >= 0.3 is 0 Å². The van der Waals surface area contributed by atoms with Gasteiger partial charge in [-0.2, -0.15) is 0 Å². The first-order chi connectivity index (χ1) is 10.8. The highest BCUT2D eigenvalue weighted by Crippen LogP contribution is 2.31. The quantitative estimate of drug-likeness (QED) is 0.752. The third-order valence-electron chi connectivity index (χ3n) is 4.48. The smallest absolute Gasteiger partial charge is 0.0909 e. The number of hydrogen-bond donors (Lipinski definition) is 1. The first-order valence-corrected chi connectivity index (χ1v) is 8.12. The van der Waals surface area contributed by atoms with E-state index in [1.165, 1.54) is 36.0 Å². The number of aromatic nitrogens is 2. The van der Waals surface area contributed by atoms with E-state index in [4.69, 9.17) is 4.98 Å². The zero-order valence-corrected chi connectivity index (χ0v) is 13.0. The number of hydrogen-bond acceptors (Lipinski definition) is 2. The lowest BCUT2D eigenvalue weighted by Gasteiger charge is -2.29. The summed E-state index contributed by atoms with van der Waals surface area (Å²) in [4.78, 5) is 10.8. The van der Waals surface area contributed by atoms with Crippen LogP contribution in [0.25, 0.3) is 22.3 Å². The van der Waals surface area contributed by atoms with Gasteiger partial charge in [-0.1, -0.05) is 30.3 Å². The second kappa shape index (κ2) is 5.48. The van der Waals surface area contributed by atoms with Gasteiger partial charge in [0.2, 0.25) is 0 Å². The summed E-state index contributed by atoms with van der Waals surface area (Å²) in [5.41, 5.74) is 7.00. The van der Waals surface area contributed by atoms with Gasteiger partial charge in [0.15, 0.2) is 0 Å². The zero-order valence-electron chi connectivity index (χ0n) is 13.0. The first kappa shape index (κ1) is 13.4. The maximum absolute atomic E-state index is 4.72. The Labute approximate surface area is 131 Å². The van der Waals surface area contributed by atoms with Gasteiger partial charge in [0.05, 0.1) is 16.7 Å². The van der Waals surface area contributed by atoms with E-state index in [1.807, 2.05) is 6.07 Å². The van der Waals surface area contributed by atoms with Crippen LogP contribution in [0.1, 0.15) is 25.0 Å². The standard InChI is InChI=1S/C19H21N3/c1-14-12-18(22-10-6-3-7-11-22)19-17(20-14)13-16(21-19)15-8-4-2-5-9-15/h2,4-5,8-9,12-13,21H,3,6-7,10-11H2,1H3. The van der Waals surface area contributed by atoms with Crippen molar-refractivity contribution in [3.63, 3.8) is 0 Å². The van der Waals surface area contributed by atoms with E-state index in [0.29, 0.717) is 0 Å². The van der Waals surface area contributed by atoms with Crippen molar-refractivity contribution in [3.8, 4) is 11.3 Å². The van der Waals surface area contributed by atoms with E-state index in [2.05, 4.69) is 53.2 Å². The van der Waals surface area contributed by atoms with Crippen LogP contribution in [0, 0.1) is 6.92 Å². The molecule has 0 aliphatic carbocycles. The fourth-order valence-corrected chi connectivity index (χ4v) is 3.38. The molecular weight excluding hydrogens is 270 g/mol. The molecule has 0 spiro atoms. The van der Waals surface area contributed by atoms with Crippen molar-refractivity contribution in [2.45, 2.75) is 26.2 Å². The number of piperidine rings is 1. The van der Waals surface area contributed by atoms with Crippen LogP contribution in [-0.4, -0.2) is 23.1 Å². The van der Waals surface area contributed by atoms with Crippen LogP contribution < -0.4 is 4.90 Å². The van der Waals surface area contributed by atoms with Crippen LogP contribution in [0.15, 0.2) is 42.5 Å². The highest BCUT2D eigenvalue weighted by atomic mass is 15.1. The molecule has 0 unspecified atom stereocenters. The van der Waals surface area contributed by atoms with Crippen molar-refractivity contribution in [2.24, 2.45) is 0 Å². The van der Waals surface area contributed by atoms with Crippen molar-refractivity contribution < 1.29 is 0 Å². The molecule has 3 heteroatoms. The van der Waals surface area contributed by atoms with E-state index < -0.39 is 0 Å². The van der Waals surface area contributed by atoms with E-state index >= 15 is 0 Å². The minimum atomic E-state index is 1.07. The molecule has 1 aromatic carbocycles. The van der Waals surface area contributed by atoms with Gasteiger partial charge in [0.25, 0.3) is 0 Å². The van der Waals surface area contributed by atoms with Gasteiger partial charge < -0.3 is 9.88 Å². The van der Waals surface area contributed by atoms with Crippen LogP contribution in [0.3, 0.4) is 0 Å². The fraction of sp³-hybridized carbons (Fsp3) is 0.316. The molecule has 3 aromatic rings. The van der Waals surface area contributed by atoms with E-state index in [-0.39, 0.29) is 0 Å². The Kier molecular flexibility index (Phi) is 3.34. The van der Waals surface area contributed by atoms with Crippen molar-refractivity contribution in [1.29, 1.82) is 0 Å². The van der Waals surface area contributed by atoms with Gasteiger partial charge in [0, 0.05) is 24.5 Å². The van der Waals surface area contributed by atoms with Crippen LogP contribution in [0.5, 0.6) is 0 Å². The lowest BCUT2D eigenvalue weighted by Crippen LogP contribution is -2.29. The Morgan fingerprint density at radius 3 is 2.55 bits per heavy atom. The summed E-state index contributed by atoms with van der Waals surface area (Å²) in [5, 5.41) is 0. The van der Waals surface area contributed by atoms with Crippen molar-refractivity contribution in [1.82, 2.24) is 9.97 Å². The number of fused-ring (bicyclic) bond motifs is 1. The van der Waals surface area contributed by atoms with Gasteiger partial charge in [0.1, 0.15) is 0 Å². The Bertz CT molecular complexity index is 783. The number of aryl methyl sites for hydroxylation is 1. The highest BCUT2D eigenvalue weighted by molar-refractivity contribution is 5.92. The Hall–Kier alpha value is -2.29. The molecule has 1 aliphatic heterocycles. The van der Waals surface area contributed by atoms with Crippen LogP contribution in [0.2, 0.25) is 0 Å². The second-order valence-electron chi connectivity index (χ2n) is 6.14. The minimum Gasteiger partial charge on any atom is -0.370 e. The first-order valence-electron chi connectivity index (χ1n) is 8.12. The molecule has 22 heavy (non-hydrogen) atoms. The molecule has 1 N–H and O–H groups in total.